The van der Waals surface area contributed by atoms with Crippen LogP contribution in [0.1, 0.15) is 33.5 Å². The number of halogens is 2. The number of rotatable bonds is 6. The summed E-state index contributed by atoms with van der Waals surface area (Å²) in [5.74, 6) is -1.76. The van der Waals surface area contributed by atoms with Crippen LogP contribution in [0.4, 0.5) is 8.78 Å². The van der Waals surface area contributed by atoms with Crippen LogP contribution in [-0.2, 0) is 0 Å². The molecule has 0 amide bonds. The lowest BCUT2D eigenvalue weighted by Crippen LogP contribution is -2.16. The van der Waals surface area contributed by atoms with Gasteiger partial charge < -0.3 is 4.74 Å². The van der Waals surface area contributed by atoms with E-state index >= 15 is 0 Å². The molecule has 1 atom stereocenters. The van der Waals surface area contributed by atoms with E-state index in [0.29, 0.717) is 11.4 Å². The molecule has 0 N–H and O–H groups in total. The topological polar surface area (TPSA) is 88.8 Å². The second-order valence-electron chi connectivity index (χ2n) is 5.02. The van der Waals surface area contributed by atoms with Gasteiger partial charge in [0, 0.05) is 29.2 Å². The molecular weight excluding hydrogens is 318 g/mol. The lowest BCUT2D eigenvalue weighted by Gasteiger charge is -2.10. The van der Waals surface area contributed by atoms with Crippen LogP contribution in [0.5, 0.6) is 5.88 Å². The Balaban J connectivity index is 2.28. The fraction of sp³-hybridized carbons (Fsp3) is 0.312. The Bertz CT molecular complexity index is 770. The largest absolute Gasteiger partial charge is 0.472 e. The van der Waals surface area contributed by atoms with Gasteiger partial charge in [-0.3, -0.25) is 4.79 Å². The zero-order chi connectivity index (χ0) is 17.7. The zero-order valence-corrected chi connectivity index (χ0v) is 13.0. The van der Waals surface area contributed by atoms with Gasteiger partial charge in [0.15, 0.2) is 24.1 Å². The van der Waals surface area contributed by atoms with E-state index in [1.807, 2.05) is 6.07 Å². The minimum atomic E-state index is -2.65. The van der Waals surface area contributed by atoms with Crippen molar-refractivity contribution < 1.29 is 18.3 Å². The standard InChI is InChI=1S/C16H14F2N4O2/c1-9-5-10(2)22-16(21-9)12(7-19)15(23)11-3-4-20-14(6-11)24-8-13(17)18/h3-6,12-13H,8H2,1-2H3. The quantitative estimate of drug-likeness (QED) is 0.756. The number of pyridine rings is 1. The molecule has 24 heavy (non-hydrogen) atoms. The van der Waals surface area contributed by atoms with E-state index in [2.05, 4.69) is 15.0 Å². The van der Waals surface area contributed by atoms with E-state index in [4.69, 9.17) is 4.74 Å². The number of hydrogen-bond donors (Lipinski definition) is 0. The Morgan fingerprint density at radius 2 is 1.96 bits per heavy atom. The SMILES string of the molecule is Cc1cc(C)nc(C(C#N)C(=O)c2ccnc(OCC(F)F)c2)n1. The van der Waals surface area contributed by atoms with Crippen molar-refractivity contribution in [1.29, 1.82) is 5.26 Å². The summed E-state index contributed by atoms with van der Waals surface area (Å²) in [7, 11) is 0. The molecule has 8 heteroatoms. The van der Waals surface area contributed by atoms with Crippen molar-refractivity contribution in [3.05, 3.63) is 47.2 Å². The van der Waals surface area contributed by atoms with Crippen molar-refractivity contribution in [2.45, 2.75) is 26.2 Å². The number of ketones is 1. The Kier molecular flexibility index (Phi) is 5.47. The third-order valence-electron chi connectivity index (χ3n) is 3.03. The van der Waals surface area contributed by atoms with Gasteiger partial charge in [0.2, 0.25) is 5.88 Å². The molecule has 0 aliphatic rings. The second kappa shape index (κ2) is 7.55. The van der Waals surface area contributed by atoms with Crippen LogP contribution in [0.15, 0.2) is 24.4 Å². The molecule has 124 valence electrons. The molecule has 2 rings (SSSR count). The summed E-state index contributed by atoms with van der Waals surface area (Å²) in [5.41, 5.74) is 1.39. The van der Waals surface area contributed by atoms with Gasteiger partial charge in [-0.2, -0.15) is 5.26 Å². The van der Waals surface area contributed by atoms with Crippen LogP contribution < -0.4 is 4.74 Å². The van der Waals surface area contributed by atoms with Gasteiger partial charge in [0.25, 0.3) is 6.43 Å². The Labute approximate surface area is 137 Å². The normalized spacial score (nSPS) is 11.8. The summed E-state index contributed by atoms with van der Waals surface area (Å²) in [4.78, 5) is 24.6. The predicted molar refractivity (Wildman–Crippen MR) is 79.9 cm³/mol. The highest BCUT2D eigenvalue weighted by molar-refractivity contribution is 6.02. The van der Waals surface area contributed by atoms with Gasteiger partial charge in [-0.1, -0.05) is 0 Å². The maximum atomic E-state index is 12.6. The summed E-state index contributed by atoms with van der Waals surface area (Å²) in [5, 5.41) is 9.34. The van der Waals surface area contributed by atoms with Gasteiger partial charge in [0.1, 0.15) is 0 Å². The highest BCUT2D eigenvalue weighted by atomic mass is 19.3. The molecule has 0 fully saturated rings. The first kappa shape index (κ1) is 17.4. The summed E-state index contributed by atoms with van der Waals surface area (Å²) in [6, 6.07) is 6.21. The van der Waals surface area contributed by atoms with Gasteiger partial charge >= 0.3 is 0 Å². The Hall–Kier alpha value is -2.95. The molecule has 2 aromatic rings. The van der Waals surface area contributed by atoms with Crippen molar-refractivity contribution in [2.75, 3.05) is 6.61 Å². The number of aryl methyl sites for hydroxylation is 2. The van der Waals surface area contributed by atoms with Gasteiger partial charge in [-0.15, -0.1) is 0 Å². The molecule has 0 bridgehead atoms. The fourth-order valence-corrected chi connectivity index (χ4v) is 2.07. The maximum absolute atomic E-state index is 12.6. The first-order chi connectivity index (χ1) is 11.4. The average molecular weight is 332 g/mol. The number of nitriles is 1. The van der Waals surface area contributed by atoms with Crippen molar-refractivity contribution in [3.8, 4) is 11.9 Å². The van der Waals surface area contributed by atoms with E-state index in [0.717, 1.165) is 0 Å². The first-order valence-corrected chi connectivity index (χ1v) is 7.03. The number of alkyl halides is 2. The van der Waals surface area contributed by atoms with E-state index in [-0.39, 0.29) is 17.3 Å². The molecule has 0 radical (unpaired) electrons. The molecule has 2 heterocycles. The smallest absolute Gasteiger partial charge is 0.272 e. The number of hydrogen-bond acceptors (Lipinski definition) is 6. The van der Waals surface area contributed by atoms with E-state index in [1.165, 1.54) is 18.3 Å². The summed E-state index contributed by atoms with van der Waals surface area (Å²) in [6.07, 6.45) is -1.40. The van der Waals surface area contributed by atoms with Crippen LogP contribution in [0.3, 0.4) is 0 Å². The monoisotopic (exact) mass is 332 g/mol. The van der Waals surface area contributed by atoms with Crippen LogP contribution >= 0.6 is 0 Å². The maximum Gasteiger partial charge on any atom is 0.272 e. The van der Waals surface area contributed by atoms with Gasteiger partial charge in [-0.25, -0.2) is 23.7 Å². The highest BCUT2D eigenvalue weighted by Crippen LogP contribution is 2.20. The van der Waals surface area contributed by atoms with Gasteiger partial charge in [-0.05, 0) is 26.0 Å². The molecule has 6 nitrogen and oxygen atoms in total. The van der Waals surface area contributed by atoms with Crippen molar-refractivity contribution >= 4 is 5.78 Å². The third-order valence-corrected chi connectivity index (χ3v) is 3.03. The molecule has 0 saturated carbocycles. The van der Waals surface area contributed by atoms with Crippen LogP contribution in [0.25, 0.3) is 0 Å². The molecule has 0 aliphatic heterocycles. The number of aromatic nitrogens is 3. The predicted octanol–water partition coefficient (Wildman–Crippen LogP) is 2.62. The second-order valence-corrected chi connectivity index (χ2v) is 5.02. The molecule has 0 aliphatic carbocycles. The lowest BCUT2D eigenvalue weighted by atomic mass is 9.98. The fourth-order valence-electron chi connectivity index (χ4n) is 2.07. The van der Waals surface area contributed by atoms with Crippen LogP contribution in [0, 0.1) is 25.2 Å². The highest BCUT2D eigenvalue weighted by Gasteiger charge is 2.25. The zero-order valence-electron chi connectivity index (χ0n) is 13.0. The lowest BCUT2D eigenvalue weighted by molar-refractivity contribution is 0.0795. The average Bonchev–Trinajstić information content (AvgIpc) is 2.53. The number of nitrogens with zero attached hydrogens (tertiary/aromatic N) is 4. The molecule has 0 aromatic carbocycles. The van der Waals surface area contributed by atoms with Crippen molar-refractivity contribution in [1.82, 2.24) is 15.0 Å². The molecule has 1 unspecified atom stereocenters. The van der Waals surface area contributed by atoms with E-state index < -0.39 is 24.7 Å². The summed E-state index contributed by atoms with van der Waals surface area (Å²) < 4.78 is 29.1. The summed E-state index contributed by atoms with van der Waals surface area (Å²) >= 11 is 0. The van der Waals surface area contributed by atoms with Crippen LogP contribution in [-0.4, -0.2) is 33.8 Å². The third kappa shape index (κ3) is 4.29. The molecule has 0 saturated heterocycles. The number of carbonyl (C=O) groups excluding carboxylic acids is 1. The molecule has 0 spiro atoms. The number of carbonyl (C=O) groups is 1. The summed E-state index contributed by atoms with van der Waals surface area (Å²) in [6.45, 7) is 2.64. The van der Waals surface area contributed by atoms with Crippen LogP contribution in [0.2, 0.25) is 0 Å². The molecular formula is C16H14F2N4O2. The first-order valence-electron chi connectivity index (χ1n) is 7.03. The minimum Gasteiger partial charge on any atom is -0.472 e. The minimum absolute atomic E-state index is 0.104. The van der Waals surface area contributed by atoms with E-state index in [1.54, 1.807) is 19.9 Å². The Morgan fingerprint density at radius 1 is 1.29 bits per heavy atom. The van der Waals surface area contributed by atoms with Gasteiger partial charge in [0.05, 0.1) is 6.07 Å². The Morgan fingerprint density at radius 3 is 2.54 bits per heavy atom. The van der Waals surface area contributed by atoms with Crippen molar-refractivity contribution in [2.24, 2.45) is 0 Å². The number of Topliss-reactive ketones (excluding diaryl/α,β-unsaturated/α-hetero) is 1. The van der Waals surface area contributed by atoms with Crippen molar-refractivity contribution in [3.63, 3.8) is 0 Å². The van der Waals surface area contributed by atoms with E-state index in [9.17, 15) is 18.8 Å². The number of ether oxygens (including phenoxy) is 1. The molecule has 2 aromatic heterocycles.